The van der Waals surface area contributed by atoms with E-state index in [0.29, 0.717) is 13.1 Å². The molecule has 1 amide bonds. The first-order valence-electron chi connectivity index (χ1n) is 7.84. The number of rotatable bonds is 7. The summed E-state index contributed by atoms with van der Waals surface area (Å²) in [5.41, 5.74) is 3.32. The highest BCUT2D eigenvalue weighted by molar-refractivity contribution is 7.98. The van der Waals surface area contributed by atoms with Gasteiger partial charge in [-0.1, -0.05) is 37.3 Å². The lowest BCUT2D eigenvalue weighted by molar-refractivity contribution is -0.135. The van der Waals surface area contributed by atoms with Gasteiger partial charge in [-0.3, -0.25) is 9.78 Å². The molecule has 2 aromatic rings. The number of hydrogen-bond acceptors (Lipinski definition) is 3. The molecule has 0 spiro atoms. The number of benzene rings is 1. The number of hydrogen-bond donors (Lipinski definition) is 0. The quantitative estimate of drug-likeness (QED) is 0.772. The molecule has 4 heteroatoms. The summed E-state index contributed by atoms with van der Waals surface area (Å²) in [6.45, 7) is 5.26. The number of aryl methyl sites for hydroxylation is 1. The zero-order chi connectivity index (χ0) is 16.7. The van der Waals surface area contributed by atoms with Gasteiger partial charge in [-0.2, -0.15) is 11.8 Å². The second-order valence-corrected chi connectivity index (χ2v) is 6.71. The molecule has 2 rings (SSSR count). The Bertz CT molecular complexity index is 630. The van der Waals surface area contributed by atoms with Crippen LogP contribution in [-0.2, 0) is 17.9 Å². The predicted octanol–water partition coefficient (Wildman–Crippen LogP) is 3.92. The summed E-state index contributed by atoms with van der Waals surface area (Å²) in [4.78, 5) is 19.1. The molecule has 0 unspecified atom stereocenters. The Morgan fingerprint density at radius 3 is 2.57 bits per heavy atom. The molecule has 0 aliphatic carbocycles. The van der Waals surface area contributed by atoms with E-state index in [1.54, 1.807) is 18.0 Å². The highest BCUT2D eigenvalue weighted by Gasteiger charge is 2.21. The van der Waals surface area contributed by atoms with Crippen molar-refractivity contribution in [1.29, 1.82) is 0 Å². The minimum atomic E-state index is 0.0118. The molecule has 0 bridgehead atoms. The molecule has 1 atom stereocenters. The van der Waals surface area contributed by atoms with Gasteiger partial charge in [0.15, 0.2) is 0 Å². The molecule has 0 fully saturated rings. The maximum absolute atomic E-state index is 12.8. The van der Waals surface area contributed by atoms with E-state index in [4.69, 9.17) is 0 Å². The monoisotopic (exact) mass is 328 g/mol. The van der Waals surface area contributed by atoms with Gasteiger partial charge < -0.3 is 4.90 Å². The van der Waals surface area contributed by atoms with Gasteiger partial charge in [0.25, 0.3) is 0 Å². The van der Waals surface area contributed by atoms with Crippen LogP contribution in [0.5, 0.6) is 0 Å². The van der Waals surface area contributed by atoms with Crippen LogP contribution in [0, 0.1) is 12.8 Å². The van der Waals surface area contributed by atoms with Crippen molar-refractivity contribution >= 4 is 17.7 Å². The van der Waals surface area contributed by atoms with Crippen LogP contribution in [0.15, 0.2) is 48.7 Å². The molecule has 0 N–H and O–H groups in total. The summed E-state index contributed by atoms with van der Waals surface area (Å²) in [6.07, 6.45) is 3.81. The minimum absolute atomic E-state index is 0.0118. The topological polar surface area (TPSA) is 33.2 Å². The second kappa shape index (κ2) is 8.73. The van der Waals surface area contributed by atoms with E-state index >= 15 is 0 Å². The van der Waals surface area contributed by atoms with E-state index in [0.717, 1.165) is 11.4 Å². The highest BCUT2D eigenvalue weighted by atomic mass is 32.2. The molecule has 0 saturated heterocycles. The number of aromatic nitrogens is 1. The van der Waals surface area contributed by atoms with Gasteiger partial charge in [-0.25, -0.2) is 0 Å². The largest absolute Gasteiger partial charge is 0.332 e. The van der Waals surface area contributed by atoms with Crippen LogP contribution in [-0.4, -0.2) is 27.8 Å². The summed E-state index contributed by atoms with van der Waals surface area (Å²) in [5, 5.41) is 0. The zero-order valence-corrected chi connectivity index (χ0v) is 14.8. The average molecular weight is 328 g/mol. The average Bonchev–Trinajstić information content (AvgIpc) is 2.56. The lowest BCUT2D eigenvalue weighted by atomic mass is 10.1. The molecular weight excluding hydrogens is 304 g/mol. The Hall–Kier alpha value is -1.81. The molecular formula is C19H24N2OS. The molecule has 122 valence electrons. The molecule has 0 radical (unpaired) electrons. The lowest BCUT2D eigenvalue weighted by Crippen LogP contribution is -2.35. The third-order valence-corrected chi connectivity index (χ3v) is 4.68. The van der Waals surface area contributed by atoms with E-state index in [-0.39, 0.29) is 11.8 Å². The van der Waals surface area contributed by atoms with Gasteiger partial charge in [0, 0.05) is 24.4 Å². The number of thioether (sulfide) groups is 1. The van der Waals surface area contributed by atoms with Crippen LogP contribution in [0.4, 0.5) is 0 Å². The first-order valence-corrected chi connectivity index (χ1v) is 9.23. The fraction of sp³-hybridized carbons (Fsp3) is 0.368. The Morgan fingerprint density at radius 2 is 1.91 bits per heavy atom. The van der Waals surface area contributed by atoms with Crippen molar-refractivity contribution in [1.82, 2.24) is 9.88 Å². The van der Waals surface area contributed by atoms with Crippen molar-refractivity contribution in [3.8, 4) is 0 Å². The Labute approximate surface area is 143 Å². The van der Waals surface area contributed by atoms with E-state index in [1.165, 1.54) is 11.1 Å². The highest BCUT2D eigenvalue weighted by Crippen LogP contribution is 2.17. The maximum Gasteiger partial charge on any atom is 0.226 e. The summed E-state index contributed by atoms with van der Waals surface area (Å²) in [6, 6.07) is 14.1. The Balaban J connectivity index is 2.20. The molecule has 1 aromatic heterocycles. The first kappa shape index (κ1) is 17.5. The third-order valence-electron chi connectivity index (χ3n) is 3.85. The molecule has 1 aromatic carbocycles. The first-order chi connectivity index (χ1) is 11.1. The van der Waals surface area contributed by atoms with Crippen LogP contribution in [0.2, 0.25) is 0 Å². The van der Waals surface area contributed by atoms with Crippen molar-refractivity contribution in [3.05, 3.63) is 65.5 Å². The number of amides is 1. The van der Waals surface area contributed by atoms with Crippen molar-refractivity contribution in [2.75, 3.05) is 12.0 Å². The number of nitrogens with zero attached hydrogens (tertiary/aromatic N) is 2. The van der Waals surface area contributed by atoms with Crippen LogP contribution >= 0.6 is 11.8 Å². The van der Waals surface area contributed by atoms with E-state index in [1.807, 2.05) is 48.4 Å². The standard InChI is InChI=1S/C19H24N2OS/c1-15-8-4-5-9-17(15)12-21(19(22)16(2)14-23-3)13-18-10-6-7-11-20-18/h4-11,16H,12-14H2,1-3H3/t16-/m1/s1. The van der Waals surface area contributed by atoms with Crippen molar-refractivity contribution < 1.29 is 4.79 Å². The molecule has 3 nitrogen and oxygen atoms in total. The number of pyridine rings is 1. The normalized spacial score (nSPS) is 12.0. The third kappa shape index (κ3) is 5.10. The van der Waals surface area contributed by atoms with Crippen LogP contribution in [0.1, 0.15) is 23.7 Å². The fourth-order valence-electron chi connectivity index (χ4n) is 2.53. The smallest absolute Gasteiger partial charge is 0.226 e. The lowest BCUT2D eigenvalue weighted by Gasteiger charge is -2.26. The Morgan fingerprint density at radius 1 is 1.17 bits per heavy atom. The van der Waals surface area contributed by atoms with Gasteiger partial charge >= 0.3 is 0 Å². The fourth-order valence-corrected chi connectivity index (χ4v) is 3.17. The molecule has 1 heterocycles. The van der Waals surface area contributed by atoms with Crippen LogP contribution in [0.25, 0.3) is 0 Å². The number of carbonyl (C=O) groups excluding carboxylic acids is 1. The number of carbonyl (C=O) groups is 1. The van der Waals surface area contributed by atoms with Crippen LogP contribution < -0.4 is 0 Å². The van der Waals surface area contributed by atoms with Crippen molar-refractivity contribution in [2.45, 2.75) is 26.9 Å². The van der Waals surface area contributed by atoms with E-state index in [2.05, 4.69) is 24.0 Å². The summed E-state index contributed by atoms with van der Waals surface area (Å²) in [7, 11) is 0. The minimum Gasteiger partial charge on any atom is -0.332 e. The van der Waals surface area contributed by atoms with Gasteiger partial charge in [0.05, 0.1) is 12.2 Å². The van der Waals surface area contributed by atoms with Gasteiger partial charge in [-0.05, 0) is 36.4 Å². The Kier molecular flexibility index (Phi) is 6.66. The van der Waals surface area contributed by atoms with Gasteiger partial charge in [0.1, 0.15) is 0 Å². The molecule has 0 saturated carbocycles. The van der Waals surface area contributed by atoms with Gasteiger partial charge in [-0.15, -0.1) is 0 Å². The summed E-state index contributed by atoms with van der Waals surface area (Å²) < 4.78 is 0. The van der Waals surface area contributed by atoms with E-state index in [9.17, 15) is 4.79 Å². The maximum atomic E-state index is 12.8. The van der Waals surface area contributed by atoms with Gasteiger partial charge in [0.2, 0.25) is 5.91 Å². The SMILES string of the molecule is CSC[C@@H](C)C(=O)N(Cc1ccccn1)Cc1ccccc1C. The summed E-state index contributed by atoms with van der Waals surface area (Å²) in [5.74, 6) is 1.04. The molecule has 0 aliphatic heterocycles. The van der Waals surface area contributed by atoms with Crippen molar-refractivity contribution in [2.24, 2.45) is 5.92 Å². The molecule has 23 heavy (non-hydrogen) atoms. The summed E-state index contributed by atoms with van der Waals surface area (Å²) >= 11 is 1.71. The predicted molar refractivity (Wildman–Crippen MR) is 97.2 cm³/mol. The second-order valence-electron chi connectivity index (χ2n) is 5.80. The van der Waals surface area contributed by atoms with Crippen LogP contribution in [0.3, 0.4) is 0 Å². The van der Waals surface area contributed by atoms with E-state index < -0.39 is 0 Å². The zero-order valence-electron chi connectivity index (χ0n) is 14.0. The molecule has 0 aliphatic rings. The van der Waals surface area contributed by atoms with Crippen molar-refractivity contribution in [3.63, 3.8) is 0 Å².